The minimum atomic E-state index is -1.04. The van der Waals surface area contributed by atoms with Gasteiger partial charge < -0.3 is 20.9 Å². The summed E-state index contributed by atoms with van der Waals surface area (Å²) in [6.45, 7) is 0.303. The Morgan fingerprint density at radius 2 is 1.90 bits per heavy atom. The SMILES string of the molecule is COC(=O)c1ccc(CNC(CCC(N)=O)C(=O)O)cc1. The Bertz CT molecular complexity index is 513. The van der Waals surface area contributed by atoms with Crippen LogP contribution in [0.4, 0.5) is 0 Å². The Morgan fingerprint density at radius 3 is 2.38 bits per heavy atom. The maximum Gasteiger partial charge on any atom is 0.337 e. The maximum absolute atomic E-state index is 11.3. The van der Waals surface area contributed by atoms with Crippen LogP contribution in [-0.4, -0.2) is 36.1 Å². The van der Waals surface area contributed by atoms with Gasteiger partial charge >= 0.3 is 11.9 Å². The molecule has 1 unspecified atom stereocenters. The van der Waals surface area contributed by atoms with Crippen LogP contribution in [0.1, 0.15) is 28.8 Å². The van der Waals surface area contributed by atoms with Crippen molar-refractivity contribution in [1.29, 1.82) is 0 Å². The third kappa shape index (κ3) is 5.62. The normalized spacial score (nSPS) is 11.7. The molecule has 0 bridgehead atoms. The molecule has 7 heteroatoms. The summed E-state index contributed by atoms with van der Waals surface area (Å²) in [7, 11) is 1.30. The number of amides is 1. The van der Waals surface area contributed by atoms with Crippen molar-refractivity contribution in [2.75, 3.05) is 7.11 Å². The van der Waals surface area contributed by atoms with Gasteiger partial charge in [-0.15, -0.1) is 0 Å². The van der Waals surface area contributed by atoms with Gasteiger partial charge in [0.1, 0.15) is 6.04 Å². The molecule has 21 heavy (non-hydrogen) atoms. The lowest BCUT2D eigenvalue weighted by atomic mass is 10.1. The van der Waals surface area contributed by atoms with Crippen LogP contribution in [0.15, 0.2) is 24.3 Å². The summed E-state index contributed by atoms with van der Waals surface area (Å²) in [6, 6.07) is 5.75. The highest BCUT2D eigenvalue weighted by molar-refractivity contribution is 5.89. The fourth-order valence-electron chi connectivity index (χ4n) is 1.72. The molecule has 1 amide bonds. The lowest BCUT2D eigenvalue weighted by Gasteiger charge is -2.13. The molecular weight excluding hydrogens is 276 g/mol. The molecule has 0 fully saturated rings. The standard InChI is InChI=1S/C14H18N2O5/c1-21-14(20)10-4-2-9(3-5-10)8-16-11(13(18)19)6-7-12(15)17/h2-5,11,16H,6-8H2,1H3,(H2,15,17)(H,18,19). The van der Waals surface area contributed by atoms with E-state index in [0.717, 1.165) is 5.56 Å². The molecule has 0 aromatic heterocycles. The van der Waals surface area contributed by atoms with Crippen molar-refractivity contribution in [2.45, 2.75) is 25.4 Å². The van der Waals surface area contributed by atoms with Gasteiger partial charge in [0.25, 0.3) is 0 Å². The number of carbonyl (C=O) groups excluding carboxylic acids is 2. The van der Waals surface area contributed by atoms with Crippen molar-refractivity contribution >= 4 is 17.8 Å². The highest BCUT2D eigenvalue weighted by atomic mass is 16.5. The lowest BCUT2D eigenvalue weighted by molar-refractivity contribution is -0.139. The Morgan fingerprint density at radius 1 is 1.29 bits per heavy atom. The zero-order valence-corrected chi connectivity index (χ0v) is 11.7. The van der Waals surface area contributed by atoms with Crippen molar-refractivity contribution in [1.82, 2.24) is 5.32 Å². The molecule has 0 radical (unpaired) electrons. The zero-order chi connectivity index (χ0) is 15.8. The fraction of sp³-hybridized carbons (Fsp3) is 0.357. The first-order chi connectivity index (χ1) is 9.93. The van der Waals surface area contributed by atoms with E-state index in [4.69, 9.17) is 10.8 Å². The fourth-order valence-corrected chi connectivity index (χ4v) is 1.72. The number of methoxy groups -OCH3 is 1. The molecule has 7 nitrogen and oxygen atoms in total. The van der Waals surface area contributed by atoms with E-state index in [1.807, 2.05) is 0 Å². The van der Waals surface area contributed by atoms with Gasteiger partial charge in [0.05, 0.1) is 12.7 Å². The predicted octanol–water partition coefficient (Wildman–Crippen LogP) is 0.282. The van der Waals surface area contributed by atoms with E-state index in [2.05, 4.69) is 10.1 Å². The number of rotatable bonds is 8. The largest absolute Gasteiger partial charge is 0.480 e. The number of carboxylic acid groups (broad SMARTS) is 1. The predicted molar refractivity (Wildman–Crippen MR) is 74.5 cm³/mol. The van der Waals surface area contributed by atoms with Crippen LogP contribution >= 0.6 is 0 Å². The second-order valence-electron chi connectivity index (χ2n) is 4.47. The number of nitrogens with one attached hydrogen (secondary N) is 1. The van der Waals surface area contributed by atoms with E-state index in [9.17, 15) is 14.4 Å². The molecule has 4 N–H and O–H groups in total. The summed E-state index contributed by atoms with van der Waals surface area (Å²) in [5.41, 5.74) is 6.24. The number of carbonyl (C=O) groups is 3. The van der Waals surface area contributed by atoms with Gasteiger partial charge in [-0.1, -0.05) is 12.1 Å². The Kier molecular flexibility index (Phi) is 6.35. The summed E-state index contributed by atoms with van der Waals surface area (Å²) in [4.78, 5) is 33.0. The van der Waals surface area contributed by atoms with Crippen molar-refractivity contribution in [3.8, 4) is 0 Å². The second-order valence-corrected chi connectivity index (χ2v) is 4.47. The van der Waals surface area contributed by atoms with E-state index in [-0.39, 0.29) is 12.8 Å². The Hall–Kier alpha value is -2.41. The maximum atomic E-state index is 11.3. The number of hydrogen-bond acceptors (Lipinski definition) is 5. The average molecular weight is 294 g/mol. The number of esters is 1. The van der Waals surface area contributed by atoms with E-state index in [0.29, 0.717) is 12.1 Å². The van der Waals surface area contributed by atoms with Gasteiger partial charge in [0.15, 0.2) is 0 Å². The lowest BCUT2D eigenvalue weighted by Crippen LogP contribution is -2.37. The number of primary amides is 1. The molecule has 0 aliphatic rings. The van der Waals surface area contributed by atoms with Crippen LogP contribution in [0.2, 0.25) is 0 Å². The summed E-state index contributed by atoms with van der Waals surface area (Å²) in [6.07, 6.45) is 0.135. The number of aliphatic carboxylic acids is 1. The van der Waals surface area contributed by atoms with Crippen LogP contribution < -0.4 is 11.1 Å². The molecule has 1 rings (SSSR count). The van der Waals surface area contributed by atoms with Gasteiger partial charge in [-0.05, 0) is 24.1 Å². The Balaban J connectivity index is 2.57. The summed E-state index contributed by atoms with van der Waals surface area (Å²) >= 11 is 0. The highest BCUT2D eigenvalue weighted by Crippen LogP contribution is 2.07. The van der Waals surface area contributed by atoms with Crippen LogP contribution in [0, 0.1) is 0 Å². The molecule has 0 saturated heterocycles. The minimum absolute atomic E-state index is 0.00520. The molecule has 1 aromatic carbocycles. The van der Waals surface area contributed by atoms with Crippen LogP contribution in [0.25, 0.3) is 0 Å². The molecular formula is C14H18N2O5. The number of nitrogens with two attached hydrogens (primary N) is 1. The van der Waals surface area contributed by atoms with Crippen molar-refractivity contribution in [3.63, 3.8) is 0 Å². The molecule has 0 spiro atoms. The van der Waals surface area contributed by atoms with E-state index < -0.39 is 23.9 Å². The third-order valence-electron chi connectivity index (χ3n) is 2.91. The average Bonchev–Trinajstić information content (AvgIpc) is 2.46. The second kappa shape index (κ2) is 8.01. The first-order valence-electron chi connectivity index (χ1n) is 6.35. The first-order valence-corrected chi connectivity index (χ1v) is 6.35. The van der Waals surface area contributed by atoms with Gasteiger partial charge in [-0.3, -0.25) is 9.59 Å². The third-order valence-corrected chi connectivity index (χ3v) is 2.91. The highest BCUT2D eigenvalue weighted by Gasteiger charge is 2.17. The molecule has 1 atom stereocenters. The molecule has 0 saturated carbocycles. The smallest absolute Gasteiger partial charge is 0.337 e. The Labute approximate surface area is 122 Å². The van der Waals surface area contributed by atoms with E-state index in [1.54, 1.807) is 24.3 Å². The van der Waals surface area contributed by atoms with Crippen molar-refractivity contribution in [2.24, 2.45) is 5.73 Å². The van der Waals surface area contributed by atoms with Gasteiger partial charge in [-0.2, -0.15) is 0 Å². The molecule has 0 aliphatic carbocycles. The summed E-state index contributed by atoms with van der Waals surface area (Å²) < 4.78 is 4.58. The van der Waals surface area contributed by atoms with Gasteiger partial charge in [0.2, 0.25) is 5.91 Å². The minimum Gasteiger partial charge on any atom is -0.480 e. The monoisotopic (exact) mass is 294 g/mol. The van der Waals surface area contributed by atoms with Crippen LogP contribution in [-0.2, 0) is 20.9 Å². The molecule has 1 aromatic rings. The van der Waals surface area contributed by atoms with E-state index in [1.165, 1.54) is 7.11 Å². The van der Waals surface area contributed by atoms with Crippen molar-refractivity contribution < 1.29 is 24.2 Å². The van der Waals surface area contributed by atoms with Gasteiger partial charge in [-0.25, -0.2) is 4.79 Å². The van der Waals surface area contributed by atoms with Gasteiger partial charge in [0, 0.05) is 13.0 Å². The van der Waals surface area contributed by atoms with Crippen LogP contribution in [0.3, 0.4) is 0 Å². The quantitative estimate of drug-likeness (QED) is 0.593. The molecule has 0 aliphatic heterocycles. The van der Waals surface area contributed by atoms with Crippen molar-refractivity contribution in [3.05, 3.63) is 35.4 Å². The summed E-state index contributed by atoms with van der Waals surface area (Å²) in [5, 5.41) is 11.9. The zero-order valence-electron chi connectivity index (χ0n) is 11.7. The molecule has 114 valence electrons. The first kappa shape index (κ1) is 16.6. The number of carboxylic acids is 1. The number of hydrogen-bond donors (Lipinski definition) is 3. The van der Waals surface area contributed by atoms with Crippen LogP contribution in [0.5, 0.6) is 0 Å². The number of ether oxygens (including phenoxy) is 1. The summed E-state index contributed by atoms with van der Waals surface area (Å²) in [5.74, 6) is -2.01. The molecule has 0 heterocycles. The topological polar surface area (TPSA) is 119 Å². The van der Waals surface area contributed by atoms with E-state index >= 15 is 0 Å². The number of benzene rings is 1.